The molecule has 2 heterocycles. The van der Waals surface area contributed by atoms with E-state index in [2.05, 4.69) is 20.6 Å². The highest BCUT2D eigenvalue weighted by Gasteiger charge is 2.37. The molecule has 214 valence electrons. The molecule has 40 heavy (non-hydrogen) atoms. The average molecular weight is 565 g/mol. The number of aromatic nitrogens is 2. The van der Waals surface area contributed by atoms with Gasteiger partial charge in [-0.05, 0) is 31.8 Å². The summed E-state index contributed by atoms with van der Waals surface area (Å²) >= 11 is 0. The maximum Gasteiger partial charge on any atom is 0.423 e. The van der Waals surface area contributed by atoms with E-state index in [-0.39, 0.29) is 40.8 Å². The molecule has 0 bridgehead atoms. The minimum Gasteiger partial charge on any atom is -0.495 e. The van der Waals surface area contributed by atoms with Crippen molar-refractivity contribution in [1.29, 1.82) is 0 Å². The molecule has 0 saturated heterocycles. The average Bonchev–Trinajstić information content (AvgIpc) is 3.17. The second-order valence-electron chi connectivity index (χ2n) is 9.32. The molecule has 3 N–H and O–H groups in total. The first kappa shape index (κ1) is 29.0. The Hall–Kier alpha value is -4.01. The number of carbonyl (C=O) groups is 1. The summed E-state index contributed by atoms with van der Waals surface area (Å²) in [5.41, 5.74) is -0.624. The van der Waals surface area contributed by atoms with Gasteiger partial charge in [0.05, 0.1) is 18.4 Å². The Kier molecular flexibility index (Phi) is 8.42. The molecule has 3 aromatic rings. The summed E-state index contributed by atoms with van der Waals surface area (Å²) in [6.07, 6.45) is -5.68. The van der Waals surface area contributed by atoms with E-state index < -0.39 is 35.6 Å². The number of rotatable bonds is 10. The van der Waals surface area contributed by atoms with Crippen LogP contribution in [0.2, 0.25) is 0 Å². The number of alkyl halides is 3. The summed E-state index contributed by atoms with van der Waals surface area (Å²) in [6.45, 7) is 1.27. The smallest absolute Gasteiger partial charge is 0.423 e. The highest BCUT2D eigenvalue weighted by Crippen LogP contribution is 2.40. The lowest BCUT2D eigenvalue weighted by Crippen LogP contribution is -2.30. The highest BCUT2D eigenvalue weighted by molar-refractivity contribution is 6.00. The number of benzene rings is 2. The van der Waals surface area contributed by atoms with Crippen molar-refractivity contribution in [3.63, 3.8) is 0 Å². The Morgan fingerprint density at radius 3 is 2.65 bits per heavy atom. The van der Waals surface area contributed by atoms with Gasteiger partial charge in [-0.2, -0.15) is 18.2 Å². The van der Waals surface area contributed by atoms with Crippen LogP contribution in [-0.4, -0.2) is 72.1 Å². The molecule has 1 aromatic heterocycles. The number of halogens is 4. The fourth-order valence-electron chi connectivity index (χ4n) is 4.06. The first-order valence-corrected chi connectivity index (χ1v) is 12.1. The number of anilines is 2. The second-order valence-corrected chi connectivity index (χ2v) is 9.32. The SMILES string of the molecule is COc1cc(C(O)NCCN(C)C)c(F)cc1Nc1ncc(C(F)(F)F)c(Oc2cccc3c2C(=O)N(C)C3)n1. The zero-order valence-electron chi connectivity index (χ0n) is 22.1. The van der Waals surface area contributed by atoms with Crippen LogP contribution >= 0.6 is 0 Å². The molecule has 1 amide bonds. The van der Waals surface area contributed by atoms with Crippen LogP contribution in [0.4, 0.5) is 29.2 Å². The van der Waals surface area contributed by atoms with Crippen LogP contribution in [0, 0.1) is 5.82 Å². The maximum absolute atomic E-state index is 14.9. The summed E-state index contributed by atoms with van der Waals surface area (Å²) in [5, 5.41) is 15.8. The number of ether oxygens (including phenoxy) is 2. The number of nitrogens with zero attached hydrogens (tertiary/aromatic N) is 4. The molecule has 0 radical (unpaired) electrons. The van der Waals surface area contributed by atoms with Crippen molar-refractivity contribution >= 4 is 17.5 Å². The van der Waals surface area contributed by atoms with Gasteiger partial charge in [-0.1, -0.05) is 12.1 Å². The van der Waals surface area contributed by atoms with Gasteiger partial charge in [0.2, 0.25) is 11.8 Å². The van der Waals surface area contributed by atoms with Crippen LogP contribution in [-0.2, 0) is 12.7 Å². The van der Waals surface area contributed by atoms with Gasteiger partial charge in [0.1, 0.15) is 29.1 Å². The third kappa shape index (κ3) is 6.24. The number of hydrogen-bond acceptors (Lipinski definition) is 9. The lowest BCUT2D eigenvalue weighted by Gasteiger charge is -2.19. The predicted octanol–water partition coefficient (Wildman–Crippen LogP) is 3.91. The van der Waals surface area contributed by atoms with Gasteiger partial charge in [0.15, 0.2) is 0 Å². The Morgan fingerprint density at radius 2 is 1.98 bits per heavy atom. The lowest BCUT2D eigenvalue weighted by molar-refractivity contribution is -0.139. The lowest BCUT2D eigenvalue weighted by atomic mass is 10.1. The van der Waals surface area contributed by atoms with Gasteiger partial charge in [0, 0.05) is 44.5 Å². The minimum atomic E-state index is -4.87. The number of aliphatic hydroxyl groups is 1. The summed E-state index contributed by atoms with van der Waals surface area (Å²) < 4.78 is 67.1. The van der Waals surface area contributed by atoms with E-state index in [0.717, 1.165) is 6.07 Å². The largest absolute Gasteiger partial charge is 0.495 e. The first-order chi connectivity index (χ1) is 18.9. The maximum atomic E-state index is 14.9. The van der Waals surface area contributed by atoms with Crippen molar-refractivity contribution in [2.24, 2.45) is 0 Å². The van der Waals surface area contributed by atoms with Gasteiger partial charge in [-0.15, -0.1) is 0 Å². The fourth-order valence-corrected chi connectivity index (χ4v) is 4.06. The number of carbonyl (C=O) groups excluding carboxylic acids is 1. The van der Waals surface area contributed by atoms with Gasteiger partial charge in [-0.3, -0.25) is 10.1 Å². The highest BCUT2D eigenvalue weighted by atomic mass is 19.4. The van der Waals surface area contributed by atoms with Crippen LogP contribution in [0.15, 0.2) is 36.5 Å². The molecule has 1 aliphatic heterocycles. The minimum absolute atomic E-state index is 0.00708. The molecule has 10 nitrogen and oxygen atoms in total. The topological polar surface area (TPSA) is 112 Å². The van der Waals surface area contributed by atoms with Gasteiger partial charge < -0.3 is 29.7 Å². The third-order valence-corrected chi connectivity index (χ3v) is 6.10. The number of aliphatic hydroxyl groups excluding tert-OH is 1. The van der Waals surface area contributed by atoms with Crippen molar-refractivity contribution in [1.82, 2.24) is 25.1 Å². The van der Waals surface area contributed by atoms with E-state index in [1.807, 2.05) is 19.0 Å². The predicted molar refractivity (Wildman–Crippen MR) is 137 cm³/mol. The molecule has 2 aromatic carbocycles. The molecule has 14 heteroatoms. The van der Waals surface area contributed by atoms with Crippen LogP contribution in [0.5, 0.6) is 17.4 Å². The quantitative estimate of drug-likeness (QED) is 0.249. The van der Waals surface area contributed by atoms with Crippen LogP contribution < -0.4 is 20.1 Å². The number of methoxy groups -OCH3 is 1. The van der Waals surface area contributed by atoms with E-state index in [9.17, 15) is 27.5 Å². The normalized spacial score (nSPS) is 13.9. The van der Waals surface area contributed by atoms with Gasteiger partial charge >= 0.3 is 6.18 Å². The molecule has 0 spiro atoms. The van der Waals surface area contributed by atoms with Crippen molar-refractivity contribution in [3.05, 3.63) is 64.6 Å². The Morgan fingerprint density at radius 1 is 1.23 bits per heavy atom. The van der Waals surface area contributed by atoms with Crippen LogP contribution in [0.25, 0.3) is 0 Å². The van der Waals surface area contributed by atoms with Crippen molar-refractivity contribution in [3.8, 4) is 17.4 Å². The van der Waals surface area contributed by atoms with Crippen molar-refractivity contribution < 1.29 is 36.9 Å². The molecule has 4 rings (SSSR count). The van der Waals surface area contributed by atoms with Gasteiger partial charge in [0.25, 0.3) is 5.91 Å². The molecule has 1 aliphatic rings. The molecule has 0 fully saturated rings. The zero-order chi connectivity index (χ0) is 29.2. The van der Waals surface area contributed by atoms with E-state index >= 15 is 0 Å². The molecule has 1 unspecified atom stereocenters. The number of nitrogens with one attached hydrogen (secondary N) is 2. The fraction of sp³-hybridized carbons (Fsp3) is 0.346. The number of amides is 1. The second kappa shape index (κ2) is 11.6. The Bertz CT molecular complexity index is 1400. The standard InChI is InChI=1S/C26H28F4N6O4/c1-35(2)9-8-31-22(37)15-10-20(39-4)18(11-17(15)27)33-25-32-12-16(26(28,29)30)23(34-25)40-19-7-5-6-14-13-36(3)24(38)21(14)19/h5-7,10-12,22,31,37H,8-9,13H2,1-4H3,(H,32,33,34). The molecule has 0 saturated carbocycles. The molecular weight excluding hydrogens is 536 g/mol. The first-order valence-electron chi connectivity index (χ1n) is 12.1. The van der Waals surface area contributed by atoms with E-state index in [1.54, 1.807) is 19.2 Å². The Labute approximate surface area is 227 Å². The summed E-state index contributed by atoms with van der Waals surface area (Å²) in [4.78, 5) is 23.5. The monoisotopic (exact) mass is 564 g/mol. The summed E-state index contributed by atoms with van der Waals surface area (Å²) in [6, 6.07) is 6.88. The van der Waals surface area contributed by atoms with E-state index in [4.69, 9.17) is 9.47 Å². The van der Waals surface area contributed by atoms with Crippen LogP contribution in [0.3, 0.4) is 0 Å². The molecular formula is C26H28F4N6O4. The van der Waals surface area contributed by atoms with Crippen molar-refractivity contribution in [2.75, 3.05) is 46.7 Å². The number of fused-ring (bicyclic) bond motifs is 1. The van der Waals surface area contributed by atoms with E-state index in [0.29, 0.717) is 24.8 Å². The number of hydrogen-bond donors (Lipinski definition) is 3. The number of likely N-dealkylation sites (N-methyl/N-ethyl adjacent to an activating group) is 1. The Balaban J connectivity index is 1.65. The van der Waals surface area contributed by atoms with E-state index in [1.165, 1.54) is 24.1 Å². The third-order valence-electron chi connectivity index (χ3n) is 6.10. The van der Waals surface area contributed by atoms with Crippen molar-refractivity contribution in [2.45, 2.75) is 18.9 Å². The zero-order valence-corrected chi connectivity index (χ0v) is 22.1. The summed E-state index contributed by atoms with van der Waals surface area (Å²) in [5.74, 6) is -2.42. The van der Waals surface area contributed by atoms with Crippen LogP contribution in [0.1, 0.15) is 33.3 Å². The summed E-state index contributed by atoms with van der Waals surface area (Å²) in [7, 11) is 6.57. The molecule has 0 aliphatic carbocycles. The van der Waals surface area contributed by atoms with Gasteiger partial charge in [-0.25, -0.2) is 9.37 Å². The molecule has 1 atom stereocenters.